The Labute approximate surface area is 64.6 Å². The van der Waals surface area contributed by atoms with Gasteiger partial charge in [0, 0.05) is 19.1 Å². The van der Waals surface area contributed by atoms with E-state index in [2.05, 4.69) is 20.1 Å². The second-order valence-corrected chi connectivity index (χ2v) is 2.89. The molecule has 1 saturated heterocycles. The van der Waals surface area contributed by atoms with E-state index in [1.807, 2.05) is 0 Å². The summed E-state index contributed by atoms with van der Waals surface area (Å²) in [6.45, 7) is 2.79. The molecule has 1 aromatic rings. The Kier molecular flexibility index (Phi) is 1.59. The van der Waals surface area contributed by atoms with Crippen LogP contribution in [0.1, 0.15) is 5.82 Å². The molecule has 2 rings (SSSR count). The van der Waals surface area contributed by atoms with Crippen molar-refractivity contribution >= 4 is 0 Å². The van der Waals surface area contributed by atoms with Crippen LogP contribution >= 0.6 is 0 Å². The fourth-order valence-corrected chi connectivity index (χ4v) is 1.26. The van der Waals surface area contributed by atoms with Crippen LogP contribution in [0.5, 0.6) is 0 Å². The van der Waals surface area contributed by atoms with E-state index >= 15 is 0 Å². The number of likely N-dealkylation sites (tertiary alicyclic amines) is 1. The highest BCUT2D eigenvalue weighted by Crippen LogP contribution is 2.07. The number of hydrogen-bond donors (Lipinski definition) is 2. The molecule has 0 saturated carbocycles. The number of H-pyrrole nitrogens is 1. The van der Waals surface area contributed by atoms with Crippen LogP contribution < -0.4 is 5.73 Å². The second kappa shape index (κ2) is 2.60. The van der Waals surface area contributed by atoms with Gasteiger partial charge >= 0.3 is 0 Å². The summed E-state index contributed by atoms with van der Waals surface area (Å²) in [4.78, 5) is 6.24. The molecule has 1 aliphatic rings. The van der Waals surface area contributed by atoms with Gasteiger partial charge in [0.1, 0.15) is 12.2 Å². The van der Waals surface area contributed by atoms with Gasteiger partial charge < -0.3 is 5.73 Å². The van der Waals surface area contributed by atoms with Gasteiger partial charge in [0.05, 0.1) is 6.54 Å². The highest BCUT2D eigenvalue weighted by molar-refractivity contribution is 4.88. The van der Waals surface area contributed by atoms with Gasteiger partial charge in [0.15, 0.2) is 0 Å². The fraction of sp³-hybridized carbons (Fsp3) is 0.667. The molecule has 0 amide bonds. The highest BCUT2D eigenvalue weighted by Gasteiger charge is 2.23. The Morgan fingerprint density at radius 1 is 1.73 bits per heavy atom. The van der Waals surface area contributed by atoms with Crippen LogP contribution in [-0.2, 0) is 6.54 Å². The van der Waals surface area contributed by atoms with Crippen molar-refractivity contribution in [1.29, 1.82) is 0 Å². The summed E-state index contributed by atoms with van der Waals surface area (Å²) in [5.41, 5.74) is 5.61. The Hall–Kier alpha value is -0.940. The predicted molar refractivity (Wildman–Crippen MR) is 39.6 cm³/mol. The molecule has 5 heteroatoms. The average Bonchev–Trinajstić information content (AvgIpc) is 2.36. The van der Waals surface area contributed by atoms with Gasteiger partial charge in [0.25, 0.3) is 0 Å². The fourth-order valence-electron chi connectivity index (χ4n) is 1.26. The van der Waals surface area contributed by atoms with E-state index in [-0.39, 0.29) is 0 Å². The first-order chi connectivity index (χ1) is 5.34. The molecular formula is C6H11N5. The highest BCUT2D eigenvalue weighted by atomic mass is 15.3. The lowest BCUT2D eigenvalue weighted by Crippen LogP contribution is -2.55. The lowest BCUT2D eigenvalue weighted by molar-refractivity contribution is 0.139. The van der Waals surface area contributed by atoms with E-state index in [4.69, 9.17) is 5.73 Å². The van der Waals surface area contributed by atoms with Gasteiger partial charge in [0.2, 0.25) is 0 Å². The molecule has 2 heterocycles. The molecule has 1 aliphatic heterocycles. The maximum Gasteiger partial charge on any atom is 0.138 e. The molecule has 0 spiro atoms. The van der Waals surface area contributed by atoms with Crippen LogP contribution in [0.4, 0.5) is 0 Å². The van der Waals surface area contributed by atoms with E-state index < -0.39 is 0 Å². The standard InChI is InChI=1S/C6H11N5/c7-5-1-11(2-5)3-6-8-4-9-10-6/h4-5H,1-3,7H2,(H,8,9,10). The van der Waals surface area contributed by atoms with Crippen LogP contribution in [0.15, 0.2) is 6.33 Å². The molecule has 0 aromatic carbocycles. The zero-order chi connectivity index (χ0) is 7.68. The van der Waals surface area contributed by atoms with Crippen molar-refractivity contribution in [3.63, 3.8) is 0 Å². The molecule has 1 aromatic heterocycles. The van der Waals surface area contributed by atoms with E-state index in [0.717, 1.165) is 25.5 Å². The summed E-state index contributed by atoms with van der Waals surface area (Å²) in [5, 5.41) is 6.57. The van der Waals surface area contributed by atoms with Gasteiger partial charge in [-0.2, -0.15) is 5.10 Å². The zero-order valence-electron chi connectivity index (χ0n) is 6.20. The molecule has 60 valence electrons. The third kappa shape index (κ3) is 1.38. The van der Waals surface area contributed by atoms with Gasteiger partial charge in [-0.05, 0) is 0 Å². The number of rotatable bonds is 2. The third-order valence-electron chi connectivity index (χ3n) is 1.82. The van der Waals surface area contributed by atoms with Gasteiger partial charge in [-0.15, -0.1) is 0 Å². The van der Waals surface area contributed by atoms with Crippen LogP contribution in [0, 0.1) is 0 Å². The first-order valence-corrected chi connectivity index (χ1v) is 3.67. The second-order valence-electron chi connectivity index (χ2n) is 2.89. The third-order valence-corrected chi connectivity index (χ3v) is 1.82. The predicted octanol–water partition coefficient (Wildman–Crippen LogP) is -1.05. The van der Waals surface area contributed by atoms with Crippen molar-refractivity contribution in [3.05, 3.63) is 12.2 Å². The van der Waals surface area contributed by atoms with Gasteiger partial charge in [-0.1, -0.05) is 0 Å². The van der Waals surface area contributed by atoms with E-state index in [9.17, 15) is 0 Å². The number of nitrogens with two attached hydrogens (primary N) is 1. The Balaban J connectivity index is 1.84. The normalized spacial score (nSPS) is 20.1. The summed E-state index contributed by atoms with van der Waals surface area (Å²) in [7, 11) is 0. The van der Waals surface area contributed by atoms with Crippen molar-refractivity contribution < 1.29 is 0 Å². The smallest absolute Gasteiger partial charge is 0.138 e. The van der Waals surface area contributed by atoms with Gasteiger partial charge in [-0.3, -0.25) is 10.00 Å². The molecular weight excluding hydrogens is 142 g/mol. The summed E-state index contributed by atoms with van der Waals surface area (Å²) >= 11 is 0. The minimum absolute atomic E-state index is 0.359. The number of nitrogens with zero attached hydrogens (tertiary/aromatic N) is 3. The maximum absolute atomic E-state index is 5.61. The maximum atomic E-state index is 5.61. The molecule has 0 unspecified atom stereocenters. The van der Waals surface area contributed by atoms with E-state index in [1.54, 1.807) is 0 Å². The quantitative estimate of drug-likeness (QED) is 0.568. The number of aromatic nitrogens is 3. The SMILES string of the molecule is NC1CN(Cc2ncn[nH]2)C1. The number of hydrogen-bond acceptors (Lipinski definition) is 4. The topological polar surface area (TPSA) is 70.8 Å². The van der Waals surface area contributed by atoms with Crippen molar-refractivity contribution in [2.24, 2.45) is 5.73 Å². The molecule has 1 fully saturated rings. The van der Waals surface area contributed by atoms with Crippen molar-refractivity contribution in [2.45, 2.75) is 12.6 Å². The van der Waals surface area contributed by atoms with Gasteiger partial charge in [-0.25, -0.2) is 4.98 Å². The monoisotopic (exact) mass is 153 g/mol. The number of aromatic amines is 1. The van der Waals surface area contributed by atoms with Crippen molar-refractivity contribution in [2.75, 3.05) is 13.1 Å². The summed E-state index contributed by atoms with van der Waals surface area (Å²) in [6, 6.07) is 0.359. The summed E-state index contributed by atoms with van der Waals surface area (Å²) in [5.74, 6) is 0.914. The first kappa shape index (κ1) is 6.75. The lowest BCUT2D eigenvalue weighted by atomic mass is 10.1. The van der Waals surface area contributed by atoms with Crippen molar-refractivity contribution in [1.82, 2.24) is 20.1 Å². The van der Waals surface area contributed by atoms with Crippen LogP contribution in [0.3, 0.4) is 0 Å². The van der Waals surface area contributed by atoms with E-state index in [1.165, 1.54) is 6.33 Å². The minimum Gasteiger partial charge on any atom is -0.325 e. The first-order valence-electron chi connectivity index (χ1n) is 3.67. The Bertz CT molecular complexity index is 213. The Morgan fingerprint density at radius 2 is 2.55 bits per heavy atom. The van der Waals surface area contributed by atoms with E-state index in [0.29, 0.717) is 6.04 Å². The molecule has 5 nitrogen and oxygen atoms in total. The molecule has 0 aliphatic carbocycles. The molecule has 3 N–H and O–H groups in total. The molecule has 0 bridgehead atoms. The largest absolute Gasteiger partial charge is 0.325 e. The summed E-state index contributed by atoms with van der Waals surface area (Å²) in [6.07, 6.45) is 1.52. The molecule has 11 heavy (non-hydrogen) atoms. The number of nitrogens with one attached hydrogen (secondary N) is 1. The average molecular weight is 153 g/mol. The molecule has 0 radical (unpaired) electrons. The van der Waals surface area contributed by atoms with Crippen molar-refractivity contribution in [3.8, 4) is 0 Å². The van der Waals surface area contributed by atoms with Crippen LogP contribution in [0.2, 0.25) is 0 Å². The van der Waals surface area contributed by atoms with Crippen LogP contribution in [0.25, 0.3) is 0 Å². The van der Waals surface area contributed by atoms with Crippen LogP contribution in [-0.4, -0.2) is 39.2 Å². The lowest BCUT2D eigenvalue weighted by Gasteiger charge is -2.35. The summed E-state index contributed by atoms with van der Waals surface area (Å²) < 4.78 is 0. The zero-order valence-corrected chi connectivity index (χ0v) is 6.20. The Morgan fingerprint density at radius 3 is 3.09 bits per heavy atom. The molecule has 0 atom stereocenters. The minimum atomic E-state index is 0.359.